The van der Waals surface area contributed by atoms with E-state index in [1.165, 1.54) is 0 Å². The molecule has 68 valence electrons. The molecule has 0 saturated heterocycles. The Bertz CT molecular complexity index is 99.7. The van der Waals surface area contributed by atoms with Crippen LogP contribution in [0, 0.1) is 0 Å². The Morgan fingerprint density at radius 2 is 1.82 bits per heavy atom. The maximum Gasteiger partial charge on any atom is 0.0877 e. The van der Waals surface area contributed by atoms with E-state index in [0.717, 1.165) is 25.7 Å². The highest BCUT2D eigenvalue weighted by Gasteiger charge is 2.32. The molecule has 2 nitrogen and oxygen atoms in total. The highest BCUT2D eigenvalue weighted by atomic mass is 16.3. The van der Waals surface area contributed by atoms with E-state index >= 15 is 0 Å². The average Bonchev–Trinajstić information content (AvgIpc) is 2.00. The number of rotatable bonds is 0. The van der Waals surface area contributed by atoms with Crippen molar-refractivity contribution < 1.29 is 10.2 Å². The molecule has 0 heterocycles. The Morgan fingerprint density at radius 3 is 2.09 bits per heavy atom. The Morgan fingerprint density at radius 1 is 1.27 bits per heavy atom. The molecule has 2 heteroatoms. The maximum absolute atomic E-state index is 9.39. The molecule has 0 aliphatic heterocycles. The summed E-state index contributed by atoms with van der Waals surface area (Å²) in [6.07, 6.45) is 3.11. The van der Waals surface area contributed by atoms with Gasteiger partial charge < -0.3 is 10.2 Å². The first-order valence-electron chi connectivity index (χ1n) is 4.53. The Hall–Kier alpha value is -0.0800. The predicted molar refractivity (Wildman–Crippen MR) is 46.4 cm³/mol. The van der Waals surface area contributed by atoms with Crippen LogP contribution in [0.2, 0.25) is 0 Å². The van der Waals surface area contributed by atoms with Gasteiger partial charge in [0, 0.05) is 0 Å². The van der Waals surface area contributed by atoms with Crippen molar-refractivity contribution in [1.82, 2.24) is 0 Å². The van der Waals surface area contributed by atoms with Gasteiger partial charge in [-0.2, -0.15) is 0 Å². The van der Waals surface area contributed by atoms with Crippen LogP contribution in [0.15, 0.2) is 0 Å². The SMILES string of the molecule is CC.CC1(O)CCCCC1O. The second-order valence-electron chi connectivity index (χ2n) is 3.12. The molecule has 2 N–H and O–H groups in total. The number of hydrogen-bond donors (Lipinski definition) is 2. The summed E-state index contributed by atoms with van der Waals surface area (Å²) in [5, 5.41) is 18.6. The van der Waals surface area contributed by atoms with Gasteiger partial charge in [0.2, 0.25) is 0 Å². The molecule has 1 rings (SSSR count). The second-order valence-corrected chi connectivity index (χ2v) is 3.12. The summed E-state index contributed by atoms with van der Waals surface area (Å²) in [5.41, 5.74) is -0.807. The second kappa shape index (κ2) is 4.73. The van der Waals surface area contributed by atoms with E-state index in [9.17, 15) is 10.2 Å². The van der Waals surface area contributed by atoms with Crippen molar-refractivity contribution in [1.29, 1.82) is 0 Å². The van der Waals surface area contributed by atoms with Gasteiger partial charge in [0.15, 0.2) is 0 Å². The molecular formula is C9H20O2. The minimum Gasteiger partial charge on any atom is -0.390 e. The smallest absolute Gasteiger partial charge is 0.0877 e. The van der Waals surface area contributed by atoms with Gasteiger partial charge in [-0.05, 0) is 19.8 Å². The van der Waals surface area contributed by atoms with Gasteiger partial charge in [-0.15, -0.1) is 0 Å². The minimum atomic E-state index is -0.807. The van der Waals surface area contributed by atoms with Crippen LogP contribution >= 0.6 is 0 Å². The highest BCUT2D eigenvalue weighted by Crippen LogP contribution is 2.27. The molecule has 0 aromatic rings. The standard InChI is InChI=1S/C7H14O2.C2H6/c1-7(9)5-3-2-4-6(7)8;1-2/h6,8-9H,2-5H2,1H3;1-2H3. The lowest BCUT2D eigenvalue weighted by atomic mass is 9.84. The third kappa shape index (κ3) is 3.21. The molecule has 0 aromatic heterocycles. The van der Waals surface area contributed by atoms with Crippen molar-refractivity contribution in [2.45, 2.75) is 58.2 Å². The maximum atomic E-state index is 9.39. The Kier molecular flexibility index (Phi) is 4.69. The van der Waals surface area contributed by atoms with Gasteiger partial charge in [-0.25, -0.2) is 0 Å². The average molecular weight is 160 g/mol. The molecule has 1 fully saturated rings. The van der Waals surface area contributed by atoms with Crippen molar-refractivity contribution in [2.75, 3.05) is 0 Å². The first-order chi connectivity index (χ1) is 5.13. The van der Waals surface area contributed by atoms with E-state index in [-0.39, 0.29) is 0 Å². The van der Waals surface area contributed by atoms with Crippen LogP contribution in [0.5, 0.6) is 0 Å². The third-order valence-corrected chi connectivity index (χ3v) is 2.13. The Labute approximate surface area is 69.2 Å². The third-order valence-electron chi connectivity index (χ3n) is 2.13. The lowest BCUT2D eigenvalue weighted by molar-refractivity contribution is -0.0863. The normalized spacial score (nSPS) is 37.4. The zero-order valence-electron chi connectivity index (χ0n) is 7.80. The van der Waals surface area contributed by atoms with E-state index in [4.69, 9.17) is 0 Å². The topological polar surface area (TPSA) is 40.5 Å². The van der Waals surface area contributed by atoms with Crippen LogP contribution in [0.1, 0.15) is 46.5 Å². The first-order valence-corrected chi connectivity index (χ1v) is 4.53. The first kappa shape index (κ1) is 10.9. The monoisotopic (exact) mass is 160 g/mol. The van der Waals surface area contributed by atoms with E-state index in [1.54, 1.807) is 6.92 Å². The van der Waals surface area contributed by atoms with Gasteiger partial charge in [-0.3, -0.25) is 0 Å². The van der Waals surface area contributed by atoms with E-state index in [0.29, 0.717) is 0 Å². The van der Waals surface area contributed by atoms with Crippen LogP contribution in [-0.4, -0.2) is 21.9 Å². The lowest BCUT2D eigenvalue weighted by Gasteiger charge is -2.33. The fourth-order valence-electron chi connectivity index (χ4n) is 1.30. The molecule has 2 atom stereocenters. The summed E-state index contributed by atoms with van der Waals surface area (Å²) in [7, 11) is 0. The molecule has 11 heavy (non-hydrogen) atoms. The molecule has 1 aliphatic rings. The summed E-state index contributed by atoms with van der Waals surface area (Å²) in [6.45, 7) is 5.71. The molecular weight excluding hydrogens is 140 g/mol. The van der Waals surface area contributed by atoms with Crippen LogP contribution < -0.4 is 0 Å². The minimum absolute atomic E-state index is 0.494. The molecule has 0 spiro atoms. The summed E-state index contributed by atoms with van der Waals surface area (Å²) < 4.78 is 0. The van der Waals surface area contributed by atoms with Crippen LogP contribution in [0.4, 0.5) is 0 Å². The van der Waals surface area contributed by atoms with Crippen LogP contribution in [0.25, 0.3) is 0 Å². The van der Waals surface area contributed by atoms with Crippen LogP contribution in [-0.2, 0) is 0 Å². The van der Waals surface area contributed by atoms with E-state index in [2.05, 4.69) is 0 Å². The molecule has 0 bridgehead atoms. The van der Waals surface area contributed by atoms with Crippen molar-refractivity contribution in [3.8, 4) is 0 Å². The Balaban J connectivity index is 0.000000461. The number of aliphatic hydroxyl groups excluding tert-OH is 1. The van der Waals surface area contributed by atoms with Gasteiger partial charge in [0.05, 0.1) is 11.7 Å². The van der Waals surface area contributed by atoms with Crippen LogP contribution in [0.3, 0.4) is 0 Å². The zero-order chi connectivity index (χ0) is 8.91. The summed E-state index contributed by atoms with van der Waals surface area (Å²) in [5.74, 6) is 0. The van der Waals surface area contributed by atoms with Gasteiger partial charge in [-0.1, -0.05) is 26.7 Å². The quantitative estimate of drug-likeness (QED) is 0.566. The van der Waals surface area contributed by atoms with E-state index < -0.39 is 11.7 Å². The fourth-order valence-corrected chi connectivity index (χ4v) is 1.30. The largest absolute Gasteiger partial charge is 0.390 e. The molecule has 0 aromatic carbocycles. The predicted octanol–water partition coefficient (Wildman–Crippen LogP) is 1.70. The molecule has 2 unspecified atom stereocenters. The fraction of sp³-hybridized carbons (Fsp3) is 1.00. The van der Waals surface area contributed by atoms with Crippen molar-refractivity contribution in [3.05, 3.63) is 0 Å². The number of hydrogen-bond acceptors (Lipinski definition) is 2. The van der Waals surface area contributed by atoms with Gasteiger partial charge in [0.1, 0.15) is 0 Å². The summed E-state index contributed by atoms with van der Waals surface area (Å²) in [4.78, 5) is 0. The lowest BCUT2D eigenvalue weighted by Crippen LogP contribution is -2.41. The molecule has 1 aliphatic carbocycles. The number of aliphatic hydroxyl groups is 2. The highest BCUT2D eigenvalue weighted by molar-refractivity contribution is 4.85. The molecule has 0 amide bonds. The van der Waals surface area contributed by atoms with Gasteiger partial charge in [0.25, 0.3) is 0 Å². The van der Waals surface area contributed by atoms with Crippen molar-refractivity contribution in [3.63, 3.8) is 0 Å². The summed E-state index contributed by atoms with van der Waals surface area (Å²) in [6, 6.07) is 0. The van der Waals surface area contributed by atoms with E-state index in [1.807, 2.05) is 13.8 Å². The zero-order valence-corrected chi connectivity index (χ0v) is 7.80. The molecule has 0 radical (unpaired) electrons. The van der Waals surface area contributed by atoms with Crippen molar-refractivity contribution >= 4 is 0 Å². The summed E-state index contributed by atoms with van der Waals surface area (Å²) >= 11 is 0. The van der Waals surface area contributed by atoms with Gasteiger partial charge >= 0.3 is 0 Å². The van der Waals surface area contributed by atoms with Crippen molar-refractivity contribution in [2.24, 2.45) is 0 Å². The molecule has 1 saturated carbocycles.